The molecule has 0 spiro atoms. The number of hydrogen-bond donors (Lipinski definition) is 2. The fourth-order valence-corrected chi connectivity index (χ4v) is 3.09. The van der Waals surface area contributed by atoms with E-state index in [1.54, 1.807) is 6.07 Å². The number of carbonyl (C=O) groups excluding carboxylic acids is 1. The summed E-state index contributed by atoms with van der Waals surface area (Å²) in [5.74, 6) is 0.599. The first-order valence-electron chi connectivity index (χ1n) is 8.28. The Morgan fingerprint density at radius 2 is 1.69 bits per heavy atom. The van der Waals surface area contributed by atoms with E-state index >= 15 is 0 Å². The molecule has 0 unspecified atom stereocenters. The van der Waals surface area contributed by atoms with E-state index in [9.17, 15) is 4.79 Å². The molecule has 0 aliphatic heterocycles. The minimum Gasteiger partial charge on any atom is -0.338 e. The van der Waals surface area contributed by atoms with Crippen molar-refractivity contribution in [2.75, 3.05) is 5.32 Å². The average Bonchev–Trinajstić information content (AvgIpc) is 3.08. The Kier molecular flexibility index (Phi) is 4.42. The molecule has 2 N–H and O–H groups in total. The minimum absolute atomic E-state index is 0.123. The molecule has 26 heavy (non-hydrogen) atoms. The van der Waals surface area contributed by atoms with Crippen molar-refractivity contribution in [1.29, 1.82) is 0 Å². The summed E-state index contributed by atoms with van der Waals surface area (Å²) < 4.78 is 0. The van der Waals surface area contributed by atoms with Crippen LogP contribution < -0.4 is 5.32 Å². The predicted molar refractivity (Wildman–Crippen MR) is 105 cm³/mol. The summed E-state index contributed by atoms with van der Waals surface area (Å²) in [7, 11) is 0. The molecule has 3 aromatic carbocycles. The van der Waals surface area contributed by atoms with Crippen molar-refractivity contribution in [2.45, 2.75) is 6.42 Å². The predicted octanol–water partition coefficient (Wildman–Crippen LogP) is 5.06. The van der Waals surface area contributed by atoms with E-state index in [4.69, 9.17) is 11.6 Å². The highest BCUT2D eigenvalue weighted by molar-refractivity contribution is 6.31. The van der Waals surface area contributed by atoms with E-state index in [2.05, 4.69) is 15.3 Å². The largest absolute Gasteiger partial charge is 0.338 e. The molecule has 0 saturated heterocycles. The normalized spacial score (nSPS) is 10.8. The number of aromatic amines is 1. The summed E-state index contributed by atoms with van der Waals surface area (Å²) in [6.45, 7) is 0. The van der Waals surface area contributed by atoms with Crippen molar-refractivity contribution < 1.29 is 4.79 Å². The third kappa shape index (κ3) is 3.32. The van der Waals surface area contributed by atoms with Crippen LogP contribution in [0, 0.1) is 0 Å². The number of halogens is 1. The smallest absolute Gasteiger partial charge is 0.228 e. The number of nitrogens with one attached hydrogen (secondary N) is 2. The standard InChI is InChI=1S/C21H16ClN3O/c22-16-9-3-1-7-14(16)13-20(26)23-17-10-4-2-8-15(17)21-24-18-11-5-6-12-19(18)25-21/h1-12H,13H2,(H,23,26)(H,24,25). The van der Waals surface area contributed by atoms with E-state index in [-0.39, 0.29) is 12.3 Å². The Morgan fingerprint density at radius 3 is 2.54 bits per heavy atom. The number of H-pyrrole nitrogens is 1. The van der Waals surface area contributed by atoms with Gasteiger partial charge in [-0.05, 0) is 35.9 Å². The maximum Gasteiger partial charge on any atom is 0.228 e. The number of carbonyl (C=O) groups is 1. The first kappa shape index (κ1) is 16.4. The number of nitrogens with zero attached hydrogens (tertiary/aromatic N) is 1. The highest BCUT2D eigenvalue weighted by Gasteiger charge is 2.13. The number of hydrogen-bond acceptors (Lipinski definition) is 2. The molecule has 0 aliphatic carbocycles. The van der Waals surface area contributed by atoms with Gasteiger partial charge < -0.3 is 10.3 Å². The van der Waals surface area contributed by atoms with Crippen LogP contribution in [0.3, 0.4) is 0 Å². The summed E-state index contributed by atoms with van der Waals surface area (Å²) in [4.78, 5) is 20.4. The van der Waals surface area contributed by atoms with Crippen molar-refractivity contribution in [3.8, 4) is 11.4 Å². The monoisotopic (exact) mass is 361 g/mol. The van der Waals surface area contributed by atoms with E-state index in [1.807, 2.05) is 66.7 Å². The van der Waals surface area contributed by atoms with Gasteiger partial charge in [0.1, 0.15) is 5.82 Å². The zero-order valence-corrected chi connectivity index (χ0v) is 14.6. The molecule has 4 rings (SSSR count). The lowest BCUT2D eigenvalue weighted by molar-refractivity contribution is -0.115. The molecular weight excluding hydrogens is 346 g/mol. The van der Waals surface area contributed by atoms with Crippen molar-refractivity contribution in [3.63, 3.8) is 0 Å². The van der Waals surface area contributed by atoms with Gasteiger partial charge in [0, 0.05) is 10.6 Å². The molecule has 4 nitrogen and oxygen atoms in total. The number of imidazole rings is 1. The van der Waals surface area contributed by atoms with E-state index in [0.717, 1.165) is 28.0 Å². The molecule has 1 aromatic heterocycles. The Morgan fingerprint density at radius 1 is 0.962 bits per heavy atom. The molecule has 128 valence electrons. The molecule has 5 heteroatoms. The van der Waals surface area contributed by atoms with Crippen LogP contribution in [0.2, 0.25) is 5.02 Å². The second-order valence-electron chi connectivity index (χ2n) is 5.96. The quantitative estimate of drug-likeness (QED) is 0.533. The molecule has 0 radical (unpaired) electrons. The van der Waals surface area contributed by atoms with E-state index in [0.29, 0.717) is 10.7 Å². The van der Waals surface area contributed by atoms with Crippen LogP contribution in [0.5, 0.6) is 0 Å². The Hall–Kier alpha value is -3.11. The SMILES string of the molecule is O=C(Cc1ccccc1Cl)Nc1ccccc1-c1nc2ccccc2[nH]1. The van der Waals surface area contributed by atoms with Gasteiger partial charge in [0.05, 0.1) is 23.1 Å². The highest BCUT2D eigenvalue weighted by atomic mass is 35.5. The van der Waals surface area contributed by atoms with Gasteiger partial charge in [0.2, 0.25) is 5.91 Å². The molecular formula is C21H16ClN3O. The lowest BCUT2D eigenvalue weighted by Crippen LogP contribution is -2.15. The van der Waals surface area contributed by atoms with E-state index in [1.165, 1.54) is 0 Å². The van der Waals surface area contributed by atoms with Gasteiger partial charge in [-0.25, -0.2) is 4.98 Å². The molecule has 1 amide bonds. The first-order chi connectivity index (χ1) is 12.7. The fourth-order valence-electron chi connectivity index (χ4n) is 2.89. The second kappa shape index (κ2) is 7.02. The number of para-hydroxylation sites is 3. The Bertz CT molecular complexity index is 1050. The van der Waals surface area contributed by atoms with Crippen LogP contribution in [0.15, 0.2) is 72.8 Å². The number of rotatable bonds is 4. The first-order valence-corrected chi connectivity index (χ1v) is 8.66. The van der Waals surface area contributed by atoms with Crippen LogP contribution in [0.4, 0.5) is 5.69 Å². The molecule has 4 aromatic rings. The van der Waals surface area contributed by atoms with Gasteiger partial charge >= 0.3 is 0 Å². The third-order valence-corrected chi connectivity index (χ3v) is 4.52. The summed E-state index contributed by atoms with van der Waals surface area (Å²) in [5, 5.41) is 3.56. The van der Waals surface area contributed by atoms with Gasteiger partial charge in [-0.15, -0.1) is 0 Å². The molecule has 0 aliphatic rings. The molecule has 0 bridgehead atoms. The van der Waals surface area contributed by atoms with Crippen molar-refractivity contribution in [2.24, 2.45) is 0 Å². The lowest BCUT2D eigenvalue weighted by atomic mass is 10.1. The lowest BCUT2D eigenvalue weighted by Gasteiger charge is -2.10. The van der Waals surface area contributed by atoms with Gasteiger partial charge in [-0.2, -0.15) is 0 Å². The number of anilines is 1. The molecule has 0 saturated carbocycles. The number of fused-ring (bicyclic) bond motifs is 1. The van der Waals surface area contributed by atoms with Crippen LogP contribution in [0.1, 0.15) is 5.56 Å². The van der Waals surface area contributed by atoms with Gasteiger partial charge in [-0.1, -0.05) is 54.1 Å². The highest BCUT2D eigenvalue weighted by Crippen LogP contribution is 2.27. The Labute approximate surface area is 155 Å². The number of benzene rings is 3. The minimum atomic E-state index is -0.123. The van der Waals surface area contributed by atoms with Crippen molar-refractivity contribution in [1.82, 2.24) is 9.97 Å². The topological polar surface area (TPSA) is 57.8 Å². The van der Waals surface area contributed by atoms with Crippen LogP contribution in [-0.4, -0.2) is 15.9 Å². The van der Waals surface area contributed by atoms with Gasteiger partial charge in [-0.3, -0.25) is 4.79 Å². The zero-order chi connectivity index (χ0) is 17.9. The summed E-state index contributed by atoms with van der Waals surface area (Å²) in [6.07, 6.45) is 0.216. The number of amides is 1. The van der Waals surface area contributed by atoms with Crippen molar-refractivity contribution >= 4 is 34.2 Å². The average molecular weight is 362 g/mol. The maximum absolute atomic E-state index is 12.5. The molecule has 1 heterocycles. The third-order valence-electron chi connectivity index (χ3n) is 4.15. The summed E-state index contributed by atoms with van der Waals surface area (Å²) in [5.41, 5.74) is 4.20. The van der Waals surface area contributed by atoms with Crippen LogP contribution in [-0.2, 0) is 11.2 Å². The maximum atomic E-state index is 12.5. The fraction of sp³-hybridized carbons (Fsp3) is 0.0476. The zero-order valence-electron chi connectivity index (χ0n) is 13.9. The van der Waals surface area contributed by atoms with Crippen LogP contribution in [0.25, 0.3) is 22.4 Å². The Balaban J connectivity index is 1.61. The van der Waals surface area contributed by atoms with Gasteiger partial charge in [0.15, 0.2) is 0 Å². The van der Waals surface area contributed by atoms with Gasteiger partial charge in [0.25, 0.3) is 0 Å². The molecule has 0 fully saturated rings. The number of aromatic nitrogens is 2. The summed E-state index contributed by atoms with van der Waals surface area (Å²) in [6, 6.07) is 22.8. The van der Waals surface area contributed by atoms with Crippen LogP contribution >= 0.6 is 11.6 Å². The molecule has 0 atom stereocenters. The van der Waals surface area contributed by atoms with E-state index < -0.39 is 0 Å². The second-order valence-corrected chi connectivity index (χ2v) is 6.37. The summed E-state index contributed by atoms with van der Waals surface area (Å²) >= 11 is 6.15. The van der Waals surface area contributed by atoms with Crippen molar-refractivity contribution in [3.05, 3.63) is 83.4 Å².